The van der Waals surface area contributed by atoms with E-state index in [9.17, 15) is 4.39 Å². The molecular formula is C12H15FO2. The Balaban J connectivity index is 1.90. The number of aliphatic hydroxyl groups excluding tert-OH is 1. The Kier molecular flexibility index (Phi) is 3.21. The van der Waals surface area contributed by atoms with Crippen LogP contribution in [0.15, 0.2) is 18.2 Å². The lowest BCUT2D eigenvalue weighted by Gasteiger charge is -2.07. The van der Waals surface area contributed by atoms with Gasteiger partial charge in [0.1, 0.15) is 11.6 Å². The van der Waals surface area contributed by atoms with E-state index in [0.717, 1.165) is 12.3 Å². The summed E-state index contributed by atoms with van der Waals surface area (Å²) in [6.07, 6.45) is 3.65. The molecule has 0 spiro atoms. The van der Waals surface area contributed by atoms with Crippen LogP contribution in [0, 0.1) is 11.7 Å². The van der Waals surface area contributed by atoms with Gasteiger partial charge in [0.2, 0.25) is 0 Å². The van der Waals surface area contributed by atoms with Crippen molar-refractivity contribution in [2.75, 3.05) is 6.61 Å². The number of rotatable bonds is 5. The van der Waals surface area contributed by atoms with E-state index < -0.39 is 0 Å². The molecule has 3 heteroatoms. The molecule has 0 saturated heterocycles. The summed E-state index contributed by atoms with van der Waals surface area (Å²) >= 11 is 0. The lowest BCUT2D eigenvalue weighted by Crippen LogP contribution is -1.99. The van der Waals surface area contributed by atoms with Crippen LogP contribution in [0.3, 0.4) is 0 Å². The van der Waals surface area contributed by atoms with Gasteiger partial charge in [0.05, 0.1) is 13.2 Å². The number of aliphatic hydroxyl groups is 1. The van der Waals surface area contributed by atoms with Crippen molar-refractivity contribution < 1.29 is 14.2 Å². The van der Waals surface area contributed by atoms with Crippen LogP contribution in [0.5, 0.6) is 5.75 Å². The second-order valence-electron chi connectivity index (χ2n) is 4.03. The van der Waals surface area contributed by atoms with Gasteiger partial charge in [0.15, 0.2) is 0 Å². The van der Waals surface area contributed by atoms with Gasteiger partial charge in [0, 0.05) is 6.07 Å². The van der Waals surface area contributed by atoms with Crippen molar-refractivity contribution in [1.82, 2.24) is 0 Å². The Morgan fingerprint density at radius 3 is 2.80 bits per heavy atom. The minimum Gasteiger partial charge on any atom is -0.493 e. The van der Waals surface area contributed by atoms with Gasteiger partial charge >= 0.3 is 0 Å². The number of hydrogen-bond acceptors (Lipinski definition) is 2. The highest BCUT2D eigenvalue weighted by molar-refractivity contribution is 5.29. The fourth-order valence-corrected chi connectivity index (χ4v) is 1.55. The predicted molar refractivity (Wildman–Crippen MR) is 55.2 cm³/mol. The number of hydrogen-bond donors (Lipinski definition) is 1. The topological polar surface area (TPSA) is 29.5 Å². The first-order valence-corrected chi connectivity index (χ1v) is 5.31. The zero-order valence-electron chi connectivity index (χ0n) is 8.58. The van der Waals surface area contributed by atoms with Gasteiger partial charge in [-0.05, 0) is 30.0 Å². The summed E-state index contributed by atoms with van der Waals surface area (Å²) in [6, 6.07) is 4.34. The standard InChI is InChI=1S/C12H15FO2/c13-11-5-10(8-14)6-12(7-11)15-4-3-9-1-2-9/h5-7,9,14H,1-4,8H2. The quantitative estimate of drug-likeness (QED) is 0.809. The highest BCUT2D eigenvalue weighted by Gasteiger charge is 2.20. The first-order chi connectivity index (χ1) is 7.28. The Bertz CT molecular complexity index is 334. The van der Waals surface area contributed by atoms with Gasteiger partial charge in [-0.1, -0.05) is 12.8 Å². The highest BCUT2D eigenvalue weighted by atomic mass is 19.1. The van der Waals surface area contributed by atoms with Gasteiger partial charge in [0.25, 0.3) is 0 Å². The molecule has 1 aromatic rings. The van der Waals surface area contributed by atoms with E-state index in [2.05, 4.69) is 0 Å². The molecule has 0 heterocycles. The lowest BCUT2D eigenvalue weighted by atomic mass is 10.2. The average molecular weight is 210 g/mol. The fraction of sp³-hybridized carbons (Fsp3) is 0.500. The third-order valence-electron chi connectivity index (χ3n) is 2.61. The summed E-state index contributed by atoms with van der Waals surface area (Å²) in [6.45, 7) is 0.482. The van der Waals surface area contributed by atoms with E-state index in [0.29, 0.717) is 17.9 Å². The van der Waals surface area contributed by atoms with Gasteiger partial charge in [-0.25, -0.2) is 4.39 Å². The molecule has 2 nitrogen and oxygen atoms in total. The van der Waals surface area contributed by atoms with Crippen LogP contribution in [0.25, 0.3) is 0 Å². The maximum absolute atomic E-state index is 13.0. The number of halogens is 1. The normalized spacial score (nSPS) is 15.3. The maximum Gasteiger partial charge on any atom is 0.127 e. The summed E-state index contributed by atoms with van der Waals surface area (Å²) in [7, 11) is 0. The van der Waals surface area contributed by atoms with Gasteiger partial charge < -0.3 is 9.84 Å². The zero-order valence-corrected chi connectivity index (χ0v) is 8.58. The second-order valence-corrected chi connectivity index (χ2v) is 4.03. The predicted octanol–water partition coefficient (Wildman–Crippen LogP) is 2.50. The third-order valence-corrected chi connectivity index (χ3v) is 2.61. The Morgan fingerprint density at radius 2 is 2.13 bits per heavy atom. The zero-order chi connectivity index (χ0) is 10.7. The minimum atomic E-state index is -0.358. The molecule has 0 bridgehead atoms. The van der Waals surface area contributed by atoms with E-state index >= 15 is 0 Å². The Hall–Kier alpha value is -1.09. The van der Waals surface area contributed by atoms with Crippen molar-refractivity contribution in [2.45, 2.75) is 25.9 Å². The van der Waals surface area contributed by atoms with Crippen LogP contribution in [-0.2, 0) is 6.61 Å². The highest BCUT2D eigenvalue weighted by Crippen LogP contribution is 2.32. The molecule has 0 amide bonds. The van der Waals surface area contributed by atoms with E-state index in [1.807, 2.05) is 0 Å². The lowest BCUT2D eigenvalue weighted by molar-refractivity contribution is 0.276. The van der Waals surface area contributed by atoms with Crippen molar-refractivity contribution >= 4 is 0 Å². The summed E-state index contributed by atoms with van der Waals surface area (Å²) < 4.78 is 18.5. The summed E-state index contributed by atoms with van der Waals surface area (Å²) in [5, 5.41) is 8.89. The average Bonchev–Trinajstić information content (AvgIpc) is 3.01. The molecule has 82 valence electrons. The summed E-state index contributed by atoms with van der Waals surface area (Å²) in [4.78, 5) is 0. The van der Waals surface area contributed by atoms with Crippen LogP contribution >= 0.6 is 0 Å². The van der Waals surface area contributed by atoms with Gasteiger partial charge in [-0.2, -0.15) is 0 Å². The first-order valence-electron chi connectivity index (χ1n) is 5.31. The van der Waals surface area contributed by atoms with Crippen LogP contribution < -0.4 is 4.74 Å². The monoisotopic (exact) mass is 210 g/mol. The molecule has 0 aromatic heterocycles. The van der Waals surface area contributed by atoms with E-state index in [4.69, 9.17) is 9.84 Å². The SMILES string of the molecule is OCc1cc(F)cc(OCCC2CC2)c1. The molecule has 0 unspecified atom stereocenters. The van der Waals surface area contributed by atoms with Gasteiger partial charge in [-0.3, -0.25) is 0 Å². The maximum atomic E-state index is 13.0. The molecule has 1 aromatic carbocycles. The molecule has 1 N–H and O–H groups in total. The molecule has 1 aliphatic carbocycles. The molecular weight excluding hydrogens is 195 g/mol. The molecule has 2 rings (SSSR count). The van der Waals surface area contributed by atoms with Crippen molar-refractivity contribution in [3.8, 4) is 5.75 Å². The van der Waals surface area contributed by atoms with Crippen LogP contribution in [0.4, 0.5) is 4.39 Å². The molecule has 1 fully saturated rings. The van der Waals surface area contributed by atoms with E-state index in [-0.39, 0.29) is 12.4 Å². The fourth-order valence-electron chi connectivity index (χ4n) is 1.55. The van der Waals surface area contributed by atoms with Crippen LogP contribution in [-0.4, -0.2) is 11.7 Å². The molecule has 15 heavy (non-hydrogen) atoms. The smallest absolute Gasteiger partial charge is 0.127 e. The van der Waals surface area contributed by atoms with Crippen molar-refractivity contribution in [1.29, 1.82) is 0 Å². The molecule has 0 aliphatic heterocycles. The van der Waals surface area contributed by atoms with Crippen LogP contribution in [0.2, 0.25) is 0 Å². The third kappa shape index (κ3) is 3.20. The van der Waals surface area contributed by atoms with E-state index in [1.165, 1.54) is 25.0 Å². The van der Waals surface area contributed by atoms with Crippen molar-refractivity contribution in [3.63, 3.8) is 0 Å². The van der Waals surface area contributed by atoms with Crippen molar-refractivity contribution in [2.24, 2.45) is 5.92 Å². The van der Waals surface area contributed by atoms with Crippen LogP contribution in [0.1, 0.15) is 24.8 Å². The van der Waals surface area contributed by atoms with E-state index in [1.54, 1.807) is 6.07 Å². The number of ether oxygens (including phenoxy) is 1. The summed E-state index contributed by atoms with van der Waals surface area (Å²) in [5.74, 6) is 0.971. The Morgan fingerprint density at radius 1 is 1.33 bits per heavy atom. The molecule has 0 radical (unpaired) electrons. The largest absolute Gasteiger partial charge is 0.493 e. The molecule has 0 atom stereocenters. The molecule has 1 saturated carbocycles. The second kappa shape index (κ2) is 4.62. The number of benzene rings is 1. The Labute approximate surface area is 88.7 Å². The first kappa shape index (κ1) is 10.4. The van der Waals surface area contributed by atoms with Gasteiger partial charge in [-0.15, -0.1) is 0 Å². The minimum absolute atomic E-state index is 0.156. The van der Waals surface area contributed by atoms with Crippen molar-refractivity contribution in [3.05, 3.63) is 29.6 Å². The molecule has 1 aliphatic rings. The summed E-state index contributed by atoms with van der Waals surface area (Å²) in [5.41, 5.74) is 0.552.